The maximum atomic E-state index is 11.1. The van der Waals surface area contributed by atoms with Crippen LogP contribution in [0, 0.1) is 0 Å². The maximum Gasteiger partial charge on any atom is 0.332 e. The van der Waals surface area contributed by atoms with Crippen LogP contribution in [-0.2, 0) is 14.6 Å². The summed E-state index contributed by atoms with van der Waals surface area (Å²) in [4.78, 5) is 21.4. The number of hydrogen-bond acceptors (Lipinski definition) is 5. The second kappa shape index (κ2) is 7.88. The predicted octanol–water partition coefficient (Wildman–Crippen LogP) is -1.44. The number of carboxylic acids is 1. The lowest BCUT2D eigenvalue weighted by Gasteiger charge is -2.08. The van der Waals surface area contributed by atoms with Gasteiger partial charge in [0.25, 0.3) is 0 Å². The molecule has 0 aromatic heterocycles. The van der Waals surface area contributed by atoms with Crippen molar-refractivity contribution in [3.05, 3.63) is 0 Å². The summed E-state index contributed by atoms with van der Waals surface area (Å²) >= 11 is 0. The first-order chi connectivity index (χ1) is 8.28. The van der Waals surface area contributed by atoms with Gasteiger partial charge in [-0.1, -0.05) is 6.92 Å². The highest BCUT2D eigenvalue weighted by molar-refractivity contribution is 7.91. The van der Waals surface area contributed by atoms with Crippen LogP contribution in [0.3, 0.4) is 0 Å². The molecule has 0 heterocycles. The molecule has 0 aliphatic carbocycles. The highest BCUT2D eigenvalue weighted by Gasteiger charge is 2.13. The Bertz CT molecular complexity index is 381. The zero-order valence-electron chi connectivity index (χ0n) is 10.0. The third-order valence-electron chi connectivity index (χ3n) is 2.13. The first kappa shape index (κ1) is 16.6. The van der Waals surface area contributed by atoms with Crippen LogP contribution in [0.25, 0.3) is 0 Å². The normalized spacial score (nSPS) is 12.8. The largest absolute Gasteiger partial charge is 0.479 e. The highest BCUT2D eigenvalue weighted by Crippen LogP contribution is 1.89. The molecule has 0 unspecified atom stereocenters. The first-order valence-electron chi connectivity index (χ1n) is 5.41. The lowest BCUT2D eigenvalue weighted by molar-refractivity contribution is -0.146. The number of aliphatic hydroxyl groups excluding tert-OH is 1. The van der Waals surface area contributed by atoms with E-state index in [-0.39, 0.29) is 31.0 Å². The van der Waals surface area contributed by atoms with Crippen molar-refractivity contribution in [2.75, 3.05) is 24.6 Å². The fourth-order valence-corrected chi connectivity index (χ4v) is 1.67. The van der Waals surface area contributed by atoms with Gasteiger partial charge in [-0.2, -0.15) is 0 Å². The Hall–Kier alpha value is -1.35. The molecule has 0 aromatic carbocycles. The minimum Gasteiger partial charge on any atom is -0.479 e. The number of sulfone groups is 1. The van der Waals surface area contributed by atoms with Gasteiger partial charge >= 0.3 is 12.0 Å². The number of nitrogens with one attached hydrogen (secondary N) is 2. The molecule has 9 heteroatoms. The van der Waals surface area contributed by atoms with Crippen LogP contribution in [0.2, 0.25) is 0 Å². The average molecular weight is 282 g/mol. The van der Waals surface area contributed by atoms with Crippen molar-refractivity contribution in [3.63, 3.8) is 0 Å². The molecule has 0 saturated heterocycles. The Kier molecular flexibility index (Phi) is 7.29. The third-order valence-corrected chi connectivity index (χ3v) is 3.83. The lowest BCUT2D eigenvalue weighted by atomic mass is 10.2. The minimum atomic E-state index is -3.12. The van der Waals surface area contributed by atoms with Gasteiger partial charge in [0.15, 0.2) is 15.9 Å². The summed E-state index contributed by atoms with van der Waals surface area (Å²) in [6.45, 7) is 1.49. The third kappa shape index (κ3) is 7.85. The van der Waals surface area contributed by atoms with Gasteiger partial charge in [-0.15, -0.1) is 0 Å². The summed E-state index contributed by atoms with van der Waals surface area (Å²) < 4.78 is 22.2. The number of aliphatic carboxylic acids is 1. The smallest absolute Gasteiger partial charge is 0.332 e. The van der Waals surface area contributed by atoms with Crippen LogP contribution in [0.4, 0.5) is 4.79 Å². The van der Waals surface area contributed by atoms with Gasteiger partial charge in [-0.3, -0.25) is 0 Å². The van der Waals surface area contributed by atoms with E-state index < -0.39 is 27.9 Å². The molecule has 0 spiro atoms. The first-order valence-corrected chi connectivity index (χ1v) is 7.23. The number of carbonyl (C=O) groups excluding carboxylic acids is 1. The summed E-state index contributed by atoms with van der Waals surface area (Å²) in [6.07, 6.45) is -1.64. The monoisotopic (exact) mass is 282 g/mol. The Balaban J connectivity index is 3.70. The van der Waals surface area contributed by atoms with Crippen molar-refractivity contribution in [1.82, 2.24) is 10.6 Å². The molecule has 18 heavy (non-hydrogen) atoms. The molecule has 0 aliphatic rings. The summed E-state index contributed by atoms with van der Waals surface area (Å²) in [5.41, 5.74) is 0. The van der Waals surface area contributed by atoms with E-state index >= 15 is 0 Å². The molecule has 0 radical (unpaired) electrons. The second-order valence-corrected chi connectivity index (χ2v) is 6.03. The zero-order valence-corrected chi connectivity index (χ0v) is 10.9. The maximum absolute atomic E-state index is 11.1. The van der Waals surface area contributed by atoms with Gasteiger partial charge in [0.2, 0.25) is 0 Å². The number of hydrogen-bond donors (Lipinski definition) is 4. The standard InChI is InChI=1S/C9H18N2O6S/c1-2-18(16,17)6-5-11-9(15)10-4-3-7(12)8(13)14/h7,12H,2-6H2,1H3,(H,13,14)(H2,10,11,15)/t7-/m0/s1. The minimum absolute atomic E-state index is 0.0104. The quantitative estimate of drug-likeness (QED) is 0.431. The number of aliphatic hydroxyl groups is 1. The predicted molar refractivity (Wildman–Crippen MR) is 64.0 cm³/mol. The second-order valence-electron chi connectivity index (χ2n) is 3.56. The summed E-state index contributed by atoms with van der Waals surface area (Å²) in [5.74, 6) is -1.48. The van der Waals surface area contributed by atoms with E-state index in [1.165, 1.54) is 6.92 Å². The van der Waals surface area contributed by atoms with Crippen LogP contribution in [0.5, 0.6) is 0 Å². The van der Waals surface area contributed by atoms with Crippen LogP contribution in [-0.4, -0.2) is 61.3 Å². The molecule has 8 nitrogen and oxygen atoms in total. The SMILES string of the molecule is CCS(=O)(=O)CCNC(=O)NCC[C@H](O)C(=O)O. The van der Waals surface area contributed by atoms with Gasteiger partial charge in [0, 0.05) is 25.3 Å². The van der Waals surface area contributed by atoms with E-state index in [9.17, 15) is 18.0 Å². The van der Waals surface area contributed by atoms with Crippen LogP contribution in [0.15, 0.2) is 0 Å². The van der Waals surface area contributed by atoms with Crippen LogP contribution >= 0.6 is 0 Å². The molecule has 4 N–H and O–H groups in total. The van der Waals surface area contributed by atoms with E-state index in [4.69, 9.17) is 10.2 Å². The van der Waals surface area contributed by atoms with Crippen LogP contribution in [0.1, 0.15) is 13.3 Å². The number of rotatable bonds is 8. The number of carboxylic acid groups (broad SMARTS) is 1. The number of carbonyl (C=O) groups is 2. The molecule has 0 aliphatic heterocycles. The van der Waals surface area contributed by atoms with Gasteiger partial charge in [0.1, 0.15) is 0 Å². The molecule has 106 valence electrons. The highest BCUT2D eigenvalue weighted by atomic mass is 32.2. The molecular formula is C9H18N2O6S. The Morgan fingerprint density at radius 3 is 2.28 bits per heavy atom. The van der Waals surface area contributed by atoms with Gasteiger partial charge in [-0.25, -0.2) is 18.0 Å². The number of amides is 2. The molecular weight excluding hydrogens is 264 g/mol. The van der Waals surface area contributed by atoms with E-state index in [0.29, 0.717) is 0 Å². The average Bonchev–Trinajstić information content (AvgIpc) is 2.28. The molecule has 0 aromatic rings. The van der Waals surface area contributed by atoms with Crippen molar-refractivity contribution < 1.29 is 28.2 Å². The zero-order chi connectivity index (χ0) is 14.2. The molecule has 0 bridgehead atoms. The number of urea groups is 1. The lowest BCUT2D eigenvalue weighted by Crippen LogP contribution is -2.39. The molecule has 2 amide bonds. The fourth-order valence-electron chi connectivity index (χ4n) is 0.973. The topological polar surface area (TPSA) is 133 Å². The van der Waals surface area contributed by atoms with Crippen molar-refractivity contribution in [2.24, 2.45) is 0 Å². The van der Waals surface area contributed by atoms with Crippen molar-refractivity contribution in [1.29, 1.82) is 0 Å². The molecule has 0 saturated carbocycles. The van der Waals surface area contributed by atoms with E-state index in [1.807, 2.05) is 0 Å². The van der Waals surface area contributed by atoms with Gasteiger partial charge in [-0.05, 0) is 0 Å². The van der Waals surface area contributed by atoms with E-state index in [0.717, 1.165) is 0 Å². The van der Waals surface area contributed by atoms with E-state index in [2.05, 4.69) is 10.6 Å². The summed E-state index contributed by atoms with van der Waals surface area (Å²) in [7, 11) is -3.12. The van der Waals surface area contributed by atoms with E-state index in [1.54, 1.807) is 0 Å². The molecule has 0 rings (SSSR count). The fraction of sp³-hybridized carbons (Fsp3) is 0.778. The van der Waals surface area contributed by atoms with Crippen molar-refractivity contribution in [3.8, 4) is 0 Å². The summed E-state index contributed by atoms with van der Waals surface area (Å²) in [6, 6.07) is -0.598. The Morgan fingerprint density at radius 1 is 1.22 bits per heavy atom. The van der Waals surface area contributed by atoms with Crippen molar-refractivity contribution in [2.45, 2.75) is 19.4 Å². The Labute approximate surface area is 105 Å². The van der Waals surface area contributed by atoms with Gasteiger partial charge in [0.05, 0.1) is 5.75 Å². The van der Waals surface area contributed by atoms with Crippen LogP contribution < -0.4 is 10.6 Å². The van der Waals surface area contributed by atoms with Crippen molar-refractivity contribution >= 4 is 21.8 Å². The summed E-state index contributed by atoms with van der Waals surface area (Å²) in [5, 5.41) is 21.9. The molecule has 0 fully saturated rings. The molecule has 1 atom stereocenters. The Morgan fingerprint density at radius 2 is 1.78 bits per heavy atom. The van der Waals surface area contributed by atoms with Gasteiger partial charge < -0.3 is 20.8 Å².